The van der Waals surface area contributed by atoms with Crippen LogP contribution in [0.25, 0.3) is 0 Å². The summed E-state index contributed by atoms with van der Waals surface area (Å²) in [5.41, 5.74) is 1.71. The van der Waals surface area contributed by atoms with Crippen LogP contribution in [0.5, 0.6) is 0 Å². The van der Waals surface area contributed by atoms with E-state index in [1.807, 2.05) is 26.8 Å². The van der Waals surface area contributed by atoms with E-state index in [1.165, 1.54) is 0 Å². The lowest BCUT2D eigenvalue weighted by Crippen LogP contribution is -2.30. The van der Waals surface area contributed by atoms with Crippen LogP contribution in [0.1, 0.15) is 73.3 Å². The van der Waals surface area contributed by atoms with E-state index in [0.29, 0.717) is 12.3 Å². The molecule has 0 aliphatic carbocycles. The van der Waals surface area contributed by atoms with Crippen molar-refractivity contribution in [2.24, 2.45) is 0 Å². The summed E-state index contributed by atoms with van der Waals surface area (Å²) in [6, 6.07) is 3.61. The number of rotatable bonds is 4. The first-order valence-electron chi connectivity index (χ1n) is 7.83. The summed E-state index contributed by atoms with van der Waals surface area (Å²) in [5, 5.41) is 7.99. The van der Waals surface area contributed by atoms with Crippen molar-refractivity contribution in [2.45, 2.75) is 52.0 Å². The third kappa shape index (κ3) is 2.65. The lowest BCUT2D eigenvalue weighted by Gasteiger charge is -2.21. The quantitative estimate of drug-likeness (QED) is 0.866. The van der Waals surface area contributed by atoms with E-state index in [1.54, 1.807) is 11.0 Å². The molecule has 6 nitrogen and oxygen atoms in total. The highest BCUT2D eigenvalue weighted by atomic mass is 16.5. The standard InChI is InChI=1S/C16H21N3O3/c1-4-11-8-14(21-17-11)13-6-5-7-19(13)16(20)15-9-12(10(2)3)18-22-15/h8-10,13H,4-7H2,1-3H3/t13-/m0/s1. The number of amides is 1. The van der Waals surface area contributed by atoms with E-state index in [9.17, 15) is 4.79 Å². The Morgan fingerprint density at radius 3 is 2.82 bits per heavy atom. The van der Waals surface area contributed by atoms with E-state index in [4.69, 9.17) is 9.05 Å². The molecule has 0 radical (unpaired) electrons. The Hall–Kier alpha value is -2.11. The molecular formula is C16H21N3O3. The van der Waals surface area contributed by atoms with Gasteiger partial charge >= 0.3 is 0 Å². The number of carbonyl (C=O) groups is 1. The van der Waals surface area contributed by atoms with Gasteiger partial charge in [0.25, 0.3) is 5.91 Å². The Kier molecular flexibility index (Phi) is 4.00. The summed E-state index contributed by atoms with van der Waals surface area (Å²) in [4.78, 5) is 14.5. The summed E-state index contributed by atoms with van der Waals surface area (Å²) < 4.78 is 10.6. The normalized spacial score (nSPS) is 18.4. The van der Waals surface area contributed by atoms with Crippen LogP contribution in [0.4, 0.5) is 0 Å². The summed E-state index contributed by atoms with van der Waals surface area (Å²) >= 11 is 0. The molecule has 0 spiro atoms. The maximum Gasteiger partial charge on any atom is 0.293 e. The molecule has 1 amide bonds. The fraction of sp³-hybridized carbons (Fsp3) is 0.562. The predicted octanol–water partition coefficient (Wildman–Crippen LogP) is 3.33. The Morgan fingerprint density at radius 1 is 1.36 bits per heavy atom. The second-order valence-electron chi connectivity index (χ2n) is 6.00. The largest absolute Gasteiger partial charge is 0.359 e. The topological polar surface area (TPSA) is 72.4 Å². The van der Waals surface area contributed by atoms with Crippen molar-refractivity contribution in [3.63, 3.8) is 0 Å². The number of nitrogens with zero attached hydrogens (tertiary/aromatic N) is 3. The zero-order valence-electron chi connectivity index (χ0n) is 13.2. The first-order valence-corrected chi connectivity index (χ1v) is 7.83. The van der Waals surface area contributed by atoms with Crippen molar-refractivity contribution in [2.75, 3.05) is 6.54 Å². The molecule has 0 aromatic carbocycles. The number of hydrogen-bond acceptors (Lipinski definition) is 5. The van der Waals surface area contributed by atoms with Gasteiger partial charge in [0.15, 0.2) is 5.76 Å². The SMILES string of the molecule is CCc1cc([C@@H]2CCCN2C(=O)c2cc(C(C)C)no2)on1. The number of likely N-dealkylation sites (tertiary alicyclic amines) is 1. The van der Waals surface area contributed by atoms with Gasteiger partial charge in [0.2, 0.25) is 5.76 Å². The molecule has 1 saturated heterocycles. The Labute approximate surface area is 129 Å². The second-order valence-corrected chi connectivity index (χ2v) is 6.00. The Morgan fingerprint density at radius 2 is 2.18 bits per heavy atom. The van der Waals surface area contributed by atoms with Crippen LogP contribution in [-0.4, -0.2) is 27.7 Å². The van der Waals surface area contributed by atoms with Gasteiger partial charge < -0.3 is 13.9 Å². The minimum Gasteiger partial charge on any atom is -0.359 e. The lowest BCUT2D eigenvalue weighted by molar-refractivity contribution is 0.0672. The molecule has 2 aromatic heterocycles. The fourth-order valence-corrected chi connectivity index (χ4v) is 2.76. The Balaban J connectivity index is 1.81. The minimum atomic E-state index is -0.128. The molecule has 0 bridgehead atoms. The zero-order chi connectivity index (χ0) is 15.7. The average molecular weight is 303 g/mol. The third-order valence-corrected chi connectivity index (χ3v) is 4.11. The molecule has 3 heterocycles. The highest BCUT2D eigenvalue weighted by Gasteiger charge is 2.35. The monoisotopic (exact) mass is 303 g/mol. The molecule has 2 aromatic rings. The van der Waals surface area contributed by atoms with Crippen molar-refractivity contribution >= 4 is 5.91 Å². The first kappa shape index (κ1) is 14.8. The number of hydrogen-bond donors (Lipinski definition) is 0. The number of carbonyl (C=O) groups excluding carboxylic acids is 1. The summed E-state index contributed by atoms with van der Waals surface area (Å²) in [6.45, 7) is 6.77. The van der Waals surface area contributed by atoms with E-state index in [2.05, 4.69) is 10.3 Å². The highest BCUT2D eigenvalue weighted by molar-refractivity contribution is 5.92. The van der Waals surface area contributed by atoms with Crippen molar-refractivity contribution in [1.29, 1.82) is 0 Å². The van der Waals surface area contributed by atoms with Crippen LogP contribution in [0, 0.1) is 0 Å². The predicted molar refractivity (Wildman–Crippen MR) is 79.5 cm³/mol. The molecule has 1 atom stereocenters. The van der Waals surface area contributed by atoms with Gasteiger partial charge in [0, 0.05) is 18.7 Å². The second kappa shape index (κ2) is 5.94. The van der Waals surface area contributed by atoms with E-state index >= 15 is 0 Å². The van der Waals surface area contributed by atoms with Crippen molar-refractivity contribution in [1.82, 2.24) is 15.2 Å². The Bertz CT molecular complexity index is 659. The number of aryl methyl sites for hydroxylation is 1. The van der Waals surface area contributed by atoms with Crippen molar-refractivity contribution in [3.8, 4) is 0 Å². The van der Waals surface area contributed by atoms with Gasteiger partial charge in [-0.3, -0.25) is 4.79 Å². The van der Waals surface area contributed by atoms with Gasteiger partial charge in [0.1, 0.15) is 0 Å². The minimum absolute atomic E-state index is 0.0621. The van der Waals surface area contributed by atoms with E-state index < -0.39 is 0 Å². The molecule has 3 rings (SSSR count). The molecule has 0 unspecified atom stereocenters. The van der Waals surface area contributed by atoms with Crippen LogP contribution in [-0.2, 0) is 6.42 Å². The average Bonchev–Trinajstić information content (AvgIpc) is 3.24. The number of aromatic nitrogens is 2. The van der Waals surface area contributed by atoms with Crippen LogP contribution in [0.15, 0.2) is 21.2 Å². The molecule has 1 aliphatic rings. The molecule has 22 heavy (non-hydrogen) atoms. The summed E-state index contributed by atoms with van der Waals surface area (Å²) in [5.74, 6) is 1.16. The molecule has 1 fully saturated rings. The molecule has 0 N–H and O–H groups in total. The van der Waals surface area contributed by atoms with Crippen molar-refractivity contribution in [3.05, 3.63) is 35.0 Å². The zero-order valence-corrected chi connectivity index (χ0v) is 13.2. The summed E-state index contributed by atoms with van der Waals surface area (Å²) in [6.07, 6.45) is 2.66. The van der Waals surface area contributed by atoms with E-state index in [-0.39, 0.29) is 17.9 Å². The highest BCUT2D eigenvalue weighted by Crippen LogP contribution is 2.33. The van der Waals surface area contributed by atoms with E-state index in [0.717, 1.165) is 36.4 Å². The van der Waals surface area contributed by atoms with Gasteiger partial charge in [0.05, 0.1) is 17.4 Å². The van der Waals surface area contributed by atoms with Crippen LogP contribution in [0.3, 0.4) is 0 Å². The van der Waals surface area contributed by atoms with Crippen molar-refractivity contribution < 1.29 is 13.8 Å². The fourth-order valence-electron chi connectivity index (χ4n) is 2.76. The molecule has 118 valence electrons. The maximum absolute atomic E-state index is 12.7. The molecule has 1 aliphatic heterocycles. The van der Waals surface area contributed by atoms with Gasteiger partial charge in [-0.05, 0) is 25.2 Å². The molecular weight excluding hydrogens is 282 g/mol. The lowest BCUT2D eigenvalue weighted by atomic mass is 10.1. The van der Waals surface area contributed by atoms with Crippen LogP contribution >= 0.6 is 0 Å². The smallest absolute Gasteiger partial charge is 0.293 e. The van der Waals surface area contributed by atoms with Crippen LogP contribution < -0.4 is 0 Å². The van der Waals surface area contributed by atoms with Gasteiger partial charge in [-0.25, -0.2) is 0 Å². The van der Waals surface area contributed by atoms with Gasteiger partial charge in [-0.15, -0.1) is 0 Å². The maximum atomic E-state index is 12.7. The third-order valence-electron chi connectivity index (χ3n) is 4.11. The summed E-state index contributed by atoms with van der Waals surface area (Å²) in [7, 11) is 0. The first-order chi connectivity index (χ1) is 10.6. The van der Waals surface area contributed by atoms with Gasteiger partial charge in [-0.1, -0.05) is 31.1 Å². The van der Waals surface area contributed by atoms with Gasteiger partial charge in [-0.2, -0.15) is 0 Å². The molecule has 6 heteroatoms. The van der Waals surface area contributed by atoms with Crippen LogP contribution in [0.2, 0.25) is 0 Å². The molecule has 0 saturated carbocycles.